The van der Waals surface area contributed by atoms with E-state index in [2.05, 4.69) is 24.1 Å². The minimum absolute atomic E-state index is 0.242. The fraction of sp³-hybridized carbons (Fsp3) is 0.350. The molecule has 1 aromatic heterocycles. The van der Waals surface area contributed by atoms with Crippen LogP contribution in [0.1, 0.15) is 30.7 Å². The van der Waals surface area contributed by atoms with Gasteiger partial charge in [0.1, 0.15) is 12.4 Å². The highest BCUT2D eigenvalue weighted by atomic mass is 19.1. The van der Waals surface area contributed by atoms with Gasteiger partial charge in [0, 0.05) is 24.0 Å². The van der Waals surface area contributed by atoms with Crippen molar-refractivity contribution in [2.75, 3.05) is 6.61 Å². The van der Waals surface area contributed by atoms with Crippen molar-refractivity contribution in [3.8, 4) is 0 Å². The molecule has 1 aromatic carbocycles. The first-order valence-electron chi connectivity index (χ1n) is 8.47. The Morgan fingerprint density at radius 2 is 2.08 bits per heavy atom. The Balaban J connectivity index is 1.83. The van der Waals surface area contributed by atoms with Gasteiger partial charge in [0.05, 0.1) is 12.1 Å². The Labute approximate surface area is 145 Å². The van der Waals surface area contributed by atoms with E-state index in [-0.39, 0.29) is 17.4 Å². The second kappa shape index (κ2) is 5.48. The van der Waals surface area contributed by atoms with Gasteiger partial charge >= 0.3 is 6.09 Å². The first-order valence-corrected chi connectivity index (χ1v) is 8.47. The van der Waals surface area contributed by atoms with Crippen LogP contribution in [0, 0.1) is 5.82 Å². The monoisotopic (exact) mass is 340 g/mol. The lowest BCUT2D eigenvalue weighted by Crippen LogP contribution is -2.50. The van der Waals surface area contributed by atoms with E-state index in [1.165, 1.54) is 17.7 Å². The van der Waals surface area contributed by atoms with Crippen LogP contribution in [0.4, 0.5) is 9.18 Å². The third kappa shape index (κ3) is 2.37. The van der Waals surface area contributed by atoms with E-state index in [0.717, 1.165) is 28.2 Å². The molecule has 25 heavy (non-hydrogen) atoms. The maximum atomic E-state index is 13.2. The fourth-order valence-corrected chi connectivity index (χ4v) is 4.00. The summed E-state index contributed by atoms with van der Waals surface area (Å²) in [6.45, 7) is 9.90. The second-order valence-electron chi connectivity index (χ2n) is 7.10. The van der Waals surface area contributed by atoms with Gasteiger partial charge in [-0.1, -0.05) is 24.8 Å². The molecule has 4 rings (SSSR count). The number of carbonyl (C=O) groups is 1. The Kier molecular flexibility index (Phi) is 3.49. The third-order valence-corrected chi connectivity index (χ3v) is 5.41. The number of ether oxygens (including phenoxy) is 1. The highest BCUT2D eigenvalue weighted by Gasteiger charge is 2.47. The molecule has 0 saturated carbocycles. The van der Waals surface area contributed by atoms with E-state index >= 15 is 0 Å². The molecule has 1 atom stereocenters. The summed E-state index contributed by atoms with van der Waals surface area (Å²) >= 11 is 0. The number of cyclic esters (lactones) is 1. The molecule has 1 fully saturated rings. The lowest BCUT2D eigenvalue weighted by molar-refractivity contribution is 0.142. The predicted octanol–water partition coefficient (Wildman–Crippen LogP) is 2.15. The summed E-state index contributed by atoms with van der Waals surface area (Å²) in [6, 6.07) is 6.53. The van der Waals surface area contributed by atoms with Gasteiger partial charge in [-0.2, -0.15) is 0 Å². The van der Waals surface area contributed by atoms with Crippen molar-refractivity contribution >= 4 is 18.7 Å². The van der Waals surface area contributed by atoms with Gasteiger partial charge in [-0.15, -0.1) is 0 Å². The van der Waals surface area contributed by atoms with Crippen molar-refractivity contribution in [1.82, 2.24) is 9.47 Å². The molecule has 130 valence electrons. The number of benzene rings is 1. The van der Waals surface area contributed by atoms with E-state index < -0.39 is 0 Å². The Hall–Kier alpha value is -2.56. The van der Waals surface area contributed by atoms with Crippen molar-refractivity contribution in [2.45, 2.75) is 38.9 Å². The molecule has 1 unspecified atom stereocenters. The number of aromatic nitrogens is 1. The van der Waals surface area contributed by atoms with Gasteiger partial charge in [0.2, 0.25) is 0 Å². The maximum Gasteiger partial charge on any atom is 0.410 e. The summed E-state index contributed by atoms with van der Waals surface area (Å²) in [7, 11) is 0. The third-order valence-electron chi connectivity index (χ3n) is 5.41. The largest absolute Gasteiger partial charge is 0.447 e. The number of nitrogens with zero attached hydrogens (tertiary/aromatic N) is 2. The molecule has 4 nitrogen and oxygen atoms in total. The van der Waals surface area contributed by atoms with E-state index in [1.54, 1.807) is 12.1 Å². The zero-order chi connectivity index (χ0) is 17.8. The first-order chi connectivity index (χ1) is 11.9. The van der Waals surface area contributed by atoms with Gasteiger partial charge in [0.25, 0.3) is 0 Å². The summed E-state index contributed by atoms with van der Waals surface area (Å²) in [5.74, 6) is -0.242. The molecule has 1 saturated heterocycles. The molecule has 0 radical (unpaired) electrons. The molecule has 2 aliphatic rings. The zero-order valence-corrected chi connectivity index (χ0v) is 14.5. The maximum absolute atomic E-state index is 13.2. The number of halogens is 1. The Morgan fingerprint density at radius 3 is 2.76 bits per heavy atom. The Morgan fingerprint density at radius 1 is 1.36 bits per heavy atom. The van der Waals surface area contributed by atoms with Crippen molar-refractivity contribution in [3.63, 3.8) is 0 Å². The molecular weight excluding hydrogens is 319 g/mol. The van der Waals surface area contributed by atoms with Crippen LogP contribution >= 0.6 is 0 Å². The van der Waals surface area contributed by atoms with Crippen molar-refractivity contribution in [2.24, 2.45) is 0 Å². The van der Waals surface area contributed by atoms with Crippen LogP contribution in [-0.4, -0.2) is 27.7 Å². The van der Waals surface area contributed by atoms with Crippen LogP contribution in [0.2, 0.25) is 0 Å². The molecule has 0 aliphatic carbocycles. The van der Waals surface area contributed by atoms with Gasteiger partial charge in [-0.3, -0.25) is 4.90 Å². The number of fused-ring (bicyclic) bond motifs is 2. The zero-order valence-electron chi connectivity index (χ0n) is 14.5. The van der Waals surface area contributed by atoms with Crippen LogP contribution in [-0.2, 0) is 24.2 Å². The molecule has 0 bridgehead atoms. The normalized spacial score (nSPS) is 22.8. The van der Waals surface area contributed by atoms with Gasteiger partial charge in [-0.05, 0) is 42.3 Å². The average molecular weight is 340 g/mol. The SMILES string of the molecule is C=c1c2c(n(Cc3ccc(F)cc3)c1=CC)CN1C(=O)OCC1(C)C2. The molecule has 5 heteroatoms. The molecule has 3 heterocycles. The number of carbonyl (C=O) groups excluding carboxylic acids is 1. The van der Waals surface area contributed by atoms with Crippen LogP contribution in [0.15, 0.2) is 24.3 Å². The number of hydrogen-bond acceptors (Lipinski definition) is 2. The van der Waals surface area contributed by atoms with Crippen molar-refractivity contribution < 1.29 is 13.9 Å². The van der Waals surface area contributed by atoms with Crippen molar-refractivity contribution in [3.05, 3.63) is 57.5 Å². The number of amides is 1. The quantitative estimate of drug-likeness (QED) is 0.840. The Bertz CT molecular complexity index is 961. The van der Waals surface area contributed by atoms with E-state index in [1.807, 2.05) is 11.8 Å². The van der Waals surface area contributed by atoms with Crippen molar-refractivity contribution in [1.29, 1.82) is 0 Å². The number of rotatable bonds is 2. The lowest BCUT2D eigenvalue weighted by atomic mass is 9.88. The molecule has 0 spiro atoms. The standard InChI is InChI=1S/C20H21FN2O2/c1-4-17-13(2)16-9-20(3)12-25-19(24)23(20)11-18(16)22(17)10-14-5-7-15(21)8-6-14/h4-8H,2,9-12H2,1,3H3. The van der Waals surface area contributed by atoms with E-state index in [9.17, 15) is 9.18 Å². The second-order valence-corrected chi connectivity index (χ2v) is 7.10. The minimum Gasteiger partial charge on any atom is -0.447 e. The topological polar surface area (TPSA) is 34.5 Å². The van der Waals surface area contributed by atoms with E-state index in [0.29, 0.717) is 19.7 Å². The first kappa shape index (κ1) is 15.9. The van der Waals surface area contributed by atoms with Gasteiger partial charge in [-0.25, -0.2) is 9.18 Å². The van der Waals surface area contributed by atoms with E-state index in [4.69, 9.17) is 4.74 Å². The number of hydrogen-bond donors (Lipinski definition) is 0. The average Bonchev–Trinajstić information content (AvgIpc) is 3.02. The summed E-state index contributed by atoms with van der Waals surface area (Å²) in [5.41, 5.74) is 3.01. The van der Waals surface area contributed by atoms with Gasteiger partial charge < -0.3 is 9.30 Å². The van der Waals surface area contributed by atoms with Gasteiger partial charge in [0.15, 0.2) is 0 Å². The van der Waals surface area contributed by atoms with Crippen LogP contribution < -0.4 is 10.6 Å². The summed E-state index contributed by atoms with van der Waals surface area (Å²) in [5, 5.41) is 2.08. The van der Waals surface area contributed by atoms with Crippen LogP contribution in [0.25, 0.3) is 12.7 Å². The predicted molar refractivity (Wildman–Crippen MR) is 93.8 cm³/mol. The summed E-state index contributed by atoms with van der Waals surface area (Å²) in [6.07, 6.45) is 2.54. The summed E-state index contributed by atoms with van der Waals surface area (Å²) < 4.78 is 20.7. The summed E-state index contributed by atoms with van der Waals surface area (Å²) in [4.78, 5) is 13.9. The lowest BCUT2D eigenvalue weighted by Gasteiger charge is -2.36. The minimum atomic E-state index is -0.302. The highest BCUT2D eigenvalue weighted by Crippen LogP contribution is 2.34. The molecule has 2 aromatic rings. The molecular formula is C20H21FN2O2. The van der Waals surface area contributed by atoms with Crippen LogP contribution in [0.3, 0.4) is 0 Å². The molecule has 1 amide bonds. The molecule has 2 aliphatic heterocycles. The smallest absolute Gasteiger partial charge is 0.410 e. The highest BCUT2D eigenvalue weighted by molar-refractivity contribution is 5.72. The fourth-order valence-electron chi connectivity index (χ4n) is 4.00. The van der Waals surface area contributed by atoms with Crippen LogP contribution in [0.5, 0.6) is 0 Å². The molecule has 0 N–H and O–H groups in total.